The molecule has 2 fully saturated rings. The SMILES string of the molecule is CCOC(=O)C1=C(C)N(c2c(C(=O)OC)c(C(=O)OC)c(NC3CCCCC3)n2C2CCCCC2)C(=O)NC1c1ccccc1. The molecule has 0 radical (unpaired) electrons. The fourth-order valence-electron chi connectivity index (χ4n) is 7.04. The first kappa shape index (κ1) is 32.1. The van der Waals surface area contributed by atoms with Gasteiger partial charge in [-0.25, -0.2) is 19.2 Å². The van der Waals surface area contributed by atoms with Crippen molar-refractivity contribution in [1.82, 2.24) is 9.88 Å². The third-order valence-corrected chi connectivity index (χ3v) is 9.17. The molecule has 11 heteroatoms. The van der Waals surface area contributed by atoms with Gasteiger partial charge in [-0.3, -0.25) is 4.90 Å². The molecule has 0 saturated heterocycles. The van der Waals surface area contributed by atoms with Gasteiger partial charge in [-0.15, -0.1) is 0 Å². The Bertz CT molecular complexity index is 1450. The zero-order valence-corrected chi connectivity index (χ0v) is 26.6. The lowest BCUT2D eigenvalue weighted by Crippen LogP contribution is -2.49. The minimum absolute atomic E-state index is 0.0268. The number of anilines is 2. The van der Waals surface area contributed by atoms with Crippen LogP contribution >= 0.6 is 0 Å². The summed E-state index contributed by atoms with van der Waals surface area (Å²) in [6.45, 7) is 3.53. The largest absolute Gasteiger partial charge is 0.465 e. The maximum Gasteiger partial charge on any atom is 0.342 e. The third-order valence-electron chi connectivity index (χ3n) is 9.17. The van der Waals surface area contributed by atoms with Crippen LogP contribution in [0.5, 0.6) is 0 Å². The molecule has 1 aliphatic heterocycles. The molecule has 45 heavy (non-hydrogen) atoms. The molecule has 2 amide bonds. The van der Waals surface area contributed by atoms with E-state index in [-0.39, 0.29) is 41.2 Å². The second-order valence-corrected chi connectivity index (χ2v) is 11.9. The number of aromatic nitrogens is 1. The molecule has 1 unspecified atom stereocenters. The number of nitrogens with zero attached hydrogens (tertiary/aromatic N) is 2. The summed E-state index contributed by atoms with van der Waals surface area (Å²) < 4.78 is 18.0. The standard InChI is InChI=1S/C34H44N4O7/c1-5-45-33(41)25-21(2)37(34(42)36-28(25)22-15-9-6-10-16-22)30-27(32(40)44-4)26(31(39)43-3)29(35-23-17-11-7-12-18-23)38(30)24-19-13-8-14-20-24/h6,9-10,15-16,23-24,28,35H,5,7-8,11-14,17-20H2,1-4H3,(H,36,42). The summed E-state index contributed by atoms with van der Waals surface area (Å²) in [6.07, 6.45) is 9.62. The Morgan fingerprint density at radius 1 is 0.867 bits per heavy atom. The molecule has 2 aromatic rings. The van der Waals surface area contributed by atoms with Crippen molar-refractivity contribution < 1.29 is 33.4 Å². The van der Waals surface area contributed by atoms with E-state index in [0.717, 1.165) is 64.2 Å². The van der Waals surface area contributed by atoms with E-state index in [4.69, 9.17) is 14.2 Å². The molecule has 0 spiro atoms. The lowest BCUT2D eigenvalue weighted by molar-refractivity contribution is -0.139. The number of esters is 3. The van der Waals surface area contributed by atoms with Gasteiger partial charge in [0.05, 0.1) is 32.4 Å². The molecular formula is C34H44N4O7. The number of allylic oxidation sites excluding steroid dienone is 1. The van der Waals surface area contributed by atoms with E-state index in [2.05, 4.69) is 10.6 Å². The fourth-order valence-corrected chi connectivity index (χ4v) is 7.04. The molecular weight excluding hydrogens is 576 g/mol. The fraction of sp³-hybridized carbons (Fsp3) is 0.529. The average Bonchev–Trinajstić information content (AvgIpc) is 3.39. The molecule has 242 valence electrons. The molecule has 2 saturated carbocycles. The summed E-state index contributed by atoms with van der Waals surface area (Å²) >= 11 is 0. The Kier molecular flexibility index (Phi) is 10.1. The Morgan fingerprint density at radius 3 is 2.07 bits per heavy atom. The van der Waals surface area contributed by atoms with Gasteiger partial charge in [0.25, 0.3) is 0 Å². The monoisotopic (exact) mass is 620 g/mol. The average molecular weight is 621 g/mol. The number of benzene rings is 1. The Labute approximate surface area is 264 Å². The maximum atomic E-state index is 14.3. The molecule has 1 aromatic heterocycles. The van der Waals surface area contributed by atoms with E-state index in [9.17, 15) is 19.2 Å². The van der Waals surface area contributed by atoms with Crippen molar-refractivity contribution in [2.75, 3.05) is 31.0 Å². The highest BCUT2D eigenvalue weighted by Crippen LogP contribution is 2.46. The van der Waals surface area contributed by atoms with Crippen LogP contribution in [0.3, 0.4) is 0 Å². The van der Waals surface area contributed by atoms with E-state index in [0.29, 0.717) is 17.1 Å². The van der Waals surface area contributed by atoms with Gasteiger partial charge in [0.1, 0.15) is 22.8 Å². The first-order valence-electron chi connectivity index (χ1n) is 16.1. The van der Waals surface area contributed by atoms with Crippen LogP contribution in [-0.4, -0.2) is 55.4 Å². The van der Waals surface area contributed by atoms with Crippen LogP contribution in [0.2, 0.25) is 0 Å². The van der Waals surface area contributed by atoms with Gasteiger partial charge < -0.3 is 29.4 Å². The molecule has 11 nitrogen and oxygen atoms in total. The predicted octanol–water partition coefficient (Wildman–Crippen LogP) is 6.42. The number of ether oxygens (including phenoxy) is 3. The van der Waals surface area contributed by atoms with Gasteiger partial charge >= 0.3 is 23.9 Å². The molecule has 1 atom stereocenters. The van der Waals surface area contributed by atoms with Gasteiger partial charge in [0.15, 0.2) is 0 Å². The van der Waals surface area contributed by atoms with Crippen molar-refractivity contribution in [1.29, 1.82) is 0 Å². The summed E-state index contributed by atoms with van der Waals surface area (Å²) in [4.78, 5) is 56.6. The summed E-state index contributed by atoms with van der Waals surface area (Å²) in [5.74, 6) is -1.46. The highest BCUT2D eigenvalue weighted by molar-refractivity contribution is 6.14. The first-order chi connectivity index (χ1) is 21.8. The van der Waals surface area contributed by atoms with Crippen LogP contribution in [0.25, 0.3) is 0 Å². The van der Waals surface area contributed by atoms with Gasteiger partial charge in [-0.05, 0) is 45.1 Å². The number of nitrogens with one attached hydrogen (secondary N) is 2. The maximum absolute atomic E-state index is 14.3. The normalized spacial score (nSPS) is 19.6. The van der Waals surface area contributed by atoms with Gasteiger partial charge in [-0.2, -0.15) is 0 Å². The lowest BCUT2D eigenvalue weighted by Gasteiger charge is -2.38. The van der Waals surface area contributed by atoms with E-state index < -0.39 is 30.0 Å². The third kappa shape index (κ3) is 6.30. The van der Waals surface area contributed by atoms with Crippen molar-refractivity contribution in [3.8, 4) is 0 Å². The number of methoxy groups -OCH3 is 2. The van der Waals surface area contributed by atoms with E-state index in [1.807, 2.05) is 34.9 Å². The summed E-state index contributed by atoms with van der Waals surface area (Å²) in [7, 11) is 2.52. The molecule has 2 aliphatic carbocycles. The van der Waals surface area contributed by atoms with E-state index in [1.165, 1.54) is 19.1 Å². The van der Waals surface area contributed by atoms with Crippen LogP contribution in [-0.2, 0) is 19.0 Å². The number of rotatable bonds is 9. The molecule has 2 heterocycles. The Hall–Kier alpha value is -4.28. The topological polar surface area (TPSA) is 128 Å². The van der Waals surface area contributed by atoms with Crippen LogP contribution in [0.1, 0.15) is 116 Å². The number of carbonyl (C=O) groups excluding carboxylic acids is 4. The summed E-state index contributed by atoms with van der Waals surface area (Å²) in [6, 6.07) is 7.81. The number of urea groups is 1. The Morgan fingerprint density at radius 2 is 1.47 bits per heavy atom. The highest BCUT2D eigenvalue weighted by atomic mass is 16.5. The zero-order chi connectivity index (χ0) is 32.1. The Balaban J connectivity index is 1.82. The van der Waals surface area contributed by atoms with E-state index in [1.54, 1.807) is 13.8 Å². The van der Waals surface area contributed by atoms with E-state index >= 15 is 0 Å². The van der Waals surface area contributed by atoms with Crippen molar-refractivity contribution in [3.63, 3.8) is 0 Å². The molecule has 5 rings (SSSR count). The van der Waals surface area contributed by atoms with Crippen molar-refractivity contribution in [2.45, 2.75) is 96.2 Å². The molecule has 1 aromatic carbocycles. The molecule has 3 aliphatic rings. The number of carbonyl (C=O) groups is 4. The van der Waals surface area contributed by atoms with Crippen LogP contribution < -0.4 is 15.5 Å². The number of amides is 2. The van der Waals surface area contributed by atoms with Crippen molar-refractivity contribution in [2.24, 2.45) is 0 Å². The summed E-state index contributed by atoms with van der Waals surface area (Å²) in [5.41, 5.74) is 1.18. The second kappa shape index (κ2) is 14.2. The highest BCUT2D eigenvalue weighted by Gasteiger charge is 2.44. The predicted molar refractivity (Wildman–Crippen MR) is 169 cm³/mol. The van der Waals surface area contributed by atoms with Crippen LogP contribution in [0, 0.1) is 0 Å². The van der Waals surface area contributed by atoms with Gasteiger partial charge in [0, 0.05) is 17.8 Å². The number of hydrogen-bond acceptors (Lipinski definition) is 8. The quantitative estimate of drug-likeness (QED) is 0.243. The smallest absolute Gasteiger partial charge is 0.342 e. The minimum Gasteiger partial charge on any atom is -0.465 e. The van der Waals surface area contributed by atoms with Gasteiger partial charge in [-0.1, -0.05) is 68.9 Å². The lowest BCUT2D eigenvalue weighted by atomic mass is 9.94. The van der Waals surface area contributed by atoms with Crippen LogP contribution in [0.15, 0.2) is 41.6 Å². The van der Waals surface area contributed by atoms with Gasteiger partial charge in [0.2, 0.25) is 0 Å². The van der Waals surface area contributed by atoms with Crippen molar-refractivity contribution >= 4 is 35.6 Å². The molecule has 0 bridgehead atoms. The summed E-state index contributed by atoms with van der Waals surface area (Å²) in [5, 5.41) is 6.61. The number of hydrogen-bond donors (Lipinski definition) is 2. The zero-order valence-electron chi connectivity index (χ0n) is 26.6. The minimum atomic E-state index is -0.784. The van der Waals surface area contributed by atoms with Crippen LogP contribution in [0.4, 0.5) is 16.4 Å². The molecule has 2 N–H and O–H groups in total. The first-order valence-corrected chi connectivity index (χ1v) is 16.1. The second-order valence-electron chi connectivity index (χ2n) is 11.9. The van der Waals surface area contributed by atoms with Crippen molar-refractivity contribution in [3.05, 3.63) is 58.3 Å².